The Kier molecular flexibility index (Phi) is 5.26. The van der Waals surface area contributed by atoms with Gasteiger partial charge in [-0.3, -0.25) is 0 Å². The Morgan fingerprint density at radius 3 is 2.61 bits per heavy atom. The van der Waals surface area contributed by atoms with Crippen LogP contribution < -0.4 is 10.2 Å². The molecule has 1 aliphatic heterocycles. The zero-order valence-electron chi connectivity index (χ0n) is 10.3. The molecule has 2 heterocycles. The van der Waals surface area contributed by atoms with E-state index in [1.165, 1.54) is 5.56 Å². The first kappa shape index (κ1) is 15.1. The van der Waals surface area contributed by atoms with Crippen molar-refractivity contribution < 1.29 is 0 Å². The molecule has 0 bridgehead atoms. The van der Waals surface area contributed by atoms with Gasteiger partial charge in [0.05, 0.1) is 11.0 Å². The Labute approximate surface area is 119 Å². The normalized spacial score (nSPS) is 15.1. The predicted molar refractivity (Wildman–Crippen MR) is 80.4 cm³/mol. The summed E-state index contributed by atoms with van der Waals surface area (Å²) in [7, 11) is 0. The van der Waals surface area contributed by atoms with Gasteiger partial charge in [-0.15, -0.1) is 24.8 Å². The van der Waals surface area contributed by atoms with Crippen molar-refractivity contribution in [2.24, 2.45) is 0 Å². The number of anilines is 1. The van der Waals surface area contributed by atoms with Crippen molar-refractivity contribution in [3.8, 4) is 0 Å². The summed E-state index contributed by atoms with van der Waals surface area (Å²) in [5, 5.41) is 3.34. The van der Waals surface area contributed by atoms with E-state index < -0.39 is 0 Å². The van der Waals surface area contributed by atoms with Crippen LogP contribution in [0.5, 0.6) is 0 Å². The molecule has 6 heteroatoms. The Bertz CT molecular complexity index is 506. The Hall–Kier alpha value is -0.970. The third-order valence-corrected chi connectivity index (χ3v) is 3.04. The molecule has 1 aromatic carbocycles. The molecule has 18 heavy (non-hydrogen) atoms. The summed E-state index contributed by atoms with van der Waals surface area (Å²) in [6.07, 6.45) is 0. The highest BCUT2D eigenvalue weighted by atomic mass is 35.5. The first-order valence-corrected chi connectivity index (χ1v) is 5.75. The molecule has 0 amide bonds. The van der Waals surface area contributed by atoms with Gasteiger partial charge in [0.2, 0.25) is 5.95 Å². The average molecular weight is 289 g/mol. The topological polar surface area (TPSA) is 44.0 Å². The SMILES string of the molecule is Cc1ccc2nc(N3CCNCC3)[nH]c2c1.Cl.Cl. The molecule has 0 aliphatic carbocycles. The Morgan fingerprint density at radius 2 is 1.89 bits per heavy atom. The molecule has 100 valence electrons. The third-order valence-electron chi connectivity index (χ3n) is 3.04. The van der Waals surface area contributed by atoms with Crippen LogP contribution in [0.4, 0.5) is 5.95 Å². The smallest absolute Gasteiger partial charge is 0.203 e. The van der Waals surface area contributed by atoms with E-state index in [-0.39, 0.29) is 24.8 Å². The highest BCUT2D eigenvalue weighted by molar-refractivity contribution is 5.85. The predicted octanol–water partition coefficient (Wildman–Crippen LogP) is 2.12. The molecule has 1 aromatic heterocycles. The fourth-order valence-corrected chi connectivity index (χ4v) is 2.14. The number of hydrogen-bond donors (Lipinski definition) is 2. The van der Waals surface area contributed by atoms with Crippen LogP contribution in [0.2, 0.25) is 0 Å². The first-order valence-electron chi connectivity index (χ1n) is 5.75. The number of fused-ring (bicyclic) bond motifs is 1. The number of hydrogen-bond acceptors (Lipinski definition) is 3. The number of aromatic nitrogens is 2. The maximum absolute atomic E-state index is 4.62. The van der Waals surface area contributed by atoms with Gasteiger partial charge < -0.3 is 15.2 Å². The summed E-state index contributed by atoms with van der Waals surface area (Å²) in [5.41, 5.74) is 3.45. The minimum Gasteiger partial charge on any atom is -0.340 e. The van der Waals surface area contributed by atoms with Gasteiger partial charge in [0.15, 0.2) is 0 Å². The maximum atomic E-state index is 4.62. The lowest BCUT2D eigenvalue weighted by Crippen LogP contribution is -2.44. The largest absolute Gasteiger partial charge is 0.340 e. The molecular weight excluding hydrogens is 271 g/mol. The minimum absolute atomic E-state index is 0. The van der Waals surface area contributed by atoms with Gasteiger partial charge >= 0.3 is 0 Å². The molecule has 0 atom stereocenters. The number of nitrogens with one attached hydrogen (secondary N) is 2. The third kappa shape index (κ3) is 2.88. The molecule has 1 aliphatic rings. The van der Waals surface area contributed by atoms with Crippen molar-refractivity contribution in [3.05, 3.63) is 23.8 Å². The monoisotopic (exact) mass is 288 g/mol. The Balaban J connectivity index is 0.000000810. The summed E-state index contributed by atoms with van der Waals surface area (Å²) in [6, 6.07) is 6.33. The van der Waals surface area contributed by atoms with Gasteiger partial charge in [-0.05, 0) is 24.6 Å². The van der Waals surface area contributed by atoms with E-state index in [1.54, 1.807) is 0 Å². The van der Waals surface area contributed by atoms with Crippen LogP contribution in [0.3, 0.4) is 0 Å². The van der Waals surface area contributed by atoms with E-state index >= 15 is 0 Å². The van der Waals surface area contributed by atoms with E-state index in [0.29, 0.717) is 0 Å². The minimum atomic E-state index is 0. The maximum Gasteiger partial charge on any atom is 0.203 e. The molecule has 2 N–H and O–H groups in total. The van der Waals surface area contributed by atoms with E-state index in [1.807, 2.05) is 0 Å². The van der Waals surface area contributed by atoms with Gasteiger partial charge in [-0.25, -0.2) is 4.98 Å². The van der Waals surface area contributed by atoms with Gasteiger partial charge in [0, 0.05) is 26.2 Å². The van der Waals surface area contributed by atoms with Gasteiger partial charge in [0.1, 0.15) is 0 Å². The molecule has 0 unspecified atom stereocenters. The summed E-state index contributed by atoms with van der Waals surface area (Å²) in [5.74, 6) is 1.00. The summed E-state index contributed by atoms with van der Waals surface area (Å²) in [4.78, 5) is 10.3. The molecule has 1 fully saturated rings. The van der Waals surface area contributed by atoms with E-state index in [2.05, 4.69) is 45.3 Å². The lowest BCUT2D eigenvalue weighted by molar-refractivity contribution is 0.582. The lowest BCUT2D eigenvalue weighted by atomic mass is 10.2. The van der Waals surface area contributed by atoms with Gasteiger partial charge in [0.25, 0.3) is 0 Å². The molecular formula is C12H18Cl2N4. The van der Waals surface area contributed by atoms with Crippen LogP contribution in [-0.4, -0.2) is 36.1 Å². The molecule has 0 radical (unpaired) electrons. The molecule has 0 saturated carbocycles. The lowest BCUT2D eigenvalue weighted by Gasteiger charge is -2.26. The van der Waals surface area contributed by atoms with Crippen molar-refractivity contribution in [2.45, 2.75) is 6.92 Å². The van der Waals surface area contributed by atoms with E-state index in [9.17, 15) is 0 Å². The number of imidazole rings is 1. The number of benzene rings is 1. The average Bonchev–Trinajstić information content (AvgIpc) is 2.73. The number of piperazine rings is 1. The number of H-pyrrole nitrogens is 1. The number of rotatable bonds is 1. The zero-order valence-corrected chi connectivity index (χ0v) is 11.9. The van der Waals surface area contributed by atoms with Crippen LogP contribution in [0.15, 0.2) is 18.2 Å². The number of halogens is 2. The molecule has 4 nitrogen and oxygen atoms in total. The van der Waals surface area contributed by atoms with E-state index in [4.69, 9.17) is 0 Å². The zero-order chi connectivity index (χ0) is 11.0. The van der Waals surface area contributed by atoms with E-state index in [0.717, 1.165) is 43.2 Å². The van der Waals surface area contributed by atoms with Crippen molar-refractivity contribution in [1.82, 2.24) is 15.3 Å². The molecule has 2 aromatic rings. The van der Waals surface area contributed by atoms with Crippen molar-refractivity contribution >= 4 is 41.8 Å². The second-order valence-corrected chi connectivity index (χ2v) is 4.32. The first-order chi connectivity index (χ1) is 7.83. The van der Waals surface area contributed by atoms with Gasteiger partial charge in [-0.1, -0.05) is 6.07 Å². The highest BCUT2D eigenvalue weighted by Gasteiger charge is 2.13. The number of aromatic amines is 1. The molecule has 1 saturated heterocycles. The van der Waals surface area contributed by atoms with Crippen LogP contribution in [-0.2, 0) is 0 Å². The standard InChI is InChI=1S/C12H16N4.2ClH/c1-9-2-3-10-11(8-9)15-12(14-10)16-6-4-13-5-7-16;;/h2-3,8,13H,4-7H2,1H3,(H,14,15);2*1H. The quantitative estimate of drug-likeness (QED) is 0.845. The van der Waals surface area contributed by atoms with Gasteiger partial charge in [-0.2, -0.15) is 0 Å². The fraction of sp³-hybridized carbons (Fsp3) is 0.417. The highest BCUT2D eigenvalue weighted by Crippen LogP contribution is 2.18. The summed E-state index contributed by atoms with van der Waals surface area (Å²) >= 11 is 0. The van der Waals surface area contributed by atoms with Crippen molar-refractivity contribution in [2.75, 3.05) is 31.1 Å². The number of aryl methyl sites for hydroxylation is 1. The van der Waals surface area contributed by atoms with Crippen LogP contribution in [0.25, 0.3) is 11.0 Å². The van der Waals surface area contributed by atoms with Crippen molar-refractivity contribution in [1.29, 1.82) is 0 Å². The Morgan fingerprint density at radius 1 is 1.17 bits per heavy atom. The molecule has 0 spiro atoms. The second kappa shape index (κ2) is 6.27. The summed E-state index contributed by atoms with van der Waals surface area (Å²) < 4.78 is 0. The molecule has 3 rings (SSSR count). The number of nitrogens with zero attached hydrogens (tertiary/aromatic N) is 2. The van der Waals surface area contributed by atoms with Crippen LogP contribution in [0, 0.1) is 6.92 Å². The second-order valence-electron chi connectivity index (χ2n) is 4.32. The van der Waals surface area contributed by atoms with Crippen LogP contribution >= 0.6 is 24.8 Å². The fourth-order valence-electron chi connectivity index (χ4n) is 2.14. The van der Waals surface area contributed by atoms with Crippen LogP contribution in [0.1, 0.15) is 5.56 Å². The van der Waals surface area contributed by atoms with Crippen molar-refractivity contribution in [3.63, 3.8) is 0 Å². The summed E-state index contributed by atoms with van der Waals surface area (Å²) in [6.45, 7) is 6.23.